The van der Waals surface area contributed by atoms with Gasteiger partial charge in [0.2, 0.25) is 5.91 Å². The number of aromatic amines is 1. The monoisotopic (exact) mass is 340 g/mol. The van der Waals surface area contributed by atoms with Crippen LogP contribution in [-0.4, -0.2) is 57.3 Å². The summed E-state index contributed by atoms with van der Waals surface area (Å²) < 4.78 is 0. The van der Waals surface area contributed by atoms with Crippen molar-refractivity contribution >= 4 is 22.8 Å². The predicted molar refractivity (Wildman–Crippen MR) is 95.3 cm³/mol. The molecule has 25 heavy (non-hydrogen) atoms. The third kappa shape index (κ3) is 3.13. The number of rotatable bonds is 2. The van der Waals surface area contributed by atoms with Crippen LogP contribution < -0.4 is 0 Å². The van der Waals surface area contributed by atoms with Crippen molar-refractivity contribution < 1.29 is 9.59 Å². The van der Waals surface area contributed by atoms with E-state index in [-0.39, 0.29) is 18.4 Å². The Balaban J connectivity index is 1.46. The highest BCUT2D eigenvalue weighted by Crippen LogP contribution is 2.24. The highest BCUT2D eigenvalue weighted by Gasteiger charge is 2.32. The Kier molecular flexibility index (Phi) is 4.19. The maximum absolute atomic E-state index is 12.8. The van der Waals surface area contributed by atoms with Crippen molar-refractivity contribution in [1.29, 1.82) is 0 Å². The third-order valence-electron chi connectivity index (χ3n) is 5.41. The van der Waals surface area contributed by atoms with Crippen LogP contribution >= 0.6 is 0 Å². The van der Waals surface area contributed by atoms with Gasteiger partial charge in [0, 0.05) is 24.7 Å². The molecular weight excluding hydrogens is 316 g/mol. The number of benzene rings is 1. The molecule has 1 aromatic carbocycles. The molecule has 2 aromatic rings. The summed E-state index contributed by atoms with van der Waals surface area (Å²) in [5.74, 6) is 0.839. The number of nitrogens with zero attached hydrogens (tertiary/aromatic N) is 3. The summed E-state index contributed by atoms with van der Waals surface area (Å²) in [4.78, 5) is 36.6. The molecule has 0 bridgehead atoms. The molecule has 1 aromatic heterocycles. The van der Waals surface area contributed by atoms with E-state index in [1.165, 1.54) is 19.3 Å². The molecule has 6 heteroatoms. The largest absolute Gasteiger partial charge is 0.342 e. The Bertz CT molecular complexity index is 807. The Hall–Kier alpha value is -2.37. The van der Waals surface area contributed by atoms with Gasteiger partial charge in [-0.25, -0.2) is 4.98 Å². The highest BCUT2D eigenvalue weighted by atomic mass is 16.2. The number of piperazine rings is 1. The van der Waals surface area contributed by atoms with Gasteiger partial charge >= 0.3 is 0 Å². The van der Waals surface area contributed by atoms with Crippen LogP contribution in [0.15, 0.2) is 18.2 Å². The number of carbonyl (C=O) groups is 2. The Labute approximate surface area is 147 Å². The number of aromatic nitrogens is 2. The van der Waals surface area contributed by atoms with Gasteiger partial charge in [-0.15, -0.1) is 0 Å². The van der Waals surface area contributed by atoms with Crippen LogP contribution in [0.1, 0.15) is 48.3 Å². The first-order valence-electron chi connectivity index (χ1n) is 9.17. The van der Waals surface area contributed by atoms with Crippen LogP contribution in [0.5, 0.6) is 0 Å². The topological polar surface area (TPSA) is 69.3 Å². The van der Waals surface area contributed by atoms with Crippen molar-refractivity contribution in [3.63, 3.8) is 0 Å². The zero-order chi connectivity index (χ0) is 17.4. The molecule has 2 aliphatic rings. The van der Waals surface area contributed by atoms with E-state index < -0.39 is 0 Å². The summed E-state index contributed by atoms with van der Waals surface area (Å²) in [5.41, 5.74) is 2.32. The van der Waals surface area contributed by atoms with E-state index in [2.05, 4.69) is 9.97 Å². The van der Waals surface area contributed by atoms with Crippen LogP contribution in [0.3, 0.4) is 0 Å². The molecule has 2 fully saturated rings. The Morgan fingerprint density at radius 2 is 2.00 bits per heavy atom. The fourth-order valence-corrected chi connectivity index (χ4v) is 4.09. The molecule has 6 nitrogen and oxygen atoms in total. The lowest BCUT2D eigenvalue weighted by atomic mass is 9.93. The second-order valence-corrected chi connectivity index (χ2v) is 7.16. The number of fused-ring (bicyclic) bond motifs is 1. The van der Waals surface area contributed by atoms with Gasteiger partial charge in [0.1, 0.15) is 12.4 Å². The molecule has 1 aliphatic carbocycles. The summed E-state index contributed by atoms with van der Waals surface area (Å²) in [6.45, 7) is 3.35. The van der Waals surface area contributed by atoms with Crippen LogP contribution in [0.4, 0.5) is 0 Å². The normalized spacial score (nSPS) is 19.6. The minimum absolute atomic E-state index is 0.0780. The average Bonchev–Trinajstić information content (AvgIpc) is 3.01. The van der Waals surface area contributed by atoms with E-state index in [0.29, 0.717) is 24.7 Å². The quantitative estimate of drug-likeness (QED) is 0.913. The van der Waals surface area contributed by atoms with Gasteiger partial charge in [0.25, 0.3) is 5.91 Å². The first-order valence-corrected chi connectivity index (χ1v) is 9.17. The maximum atomic E-state index is 12.8. The Morgan fingerprint density at radius 3 is 2.76 bits per heavy atom. The number of hydrogen-bond acceptors (Lipinski definition) is 3. The molecule has 132 valence electrons. The molecule has 4 rings (SSSR count). The SMILES string of the molecule is Cc1nc2ccc(C(=O)N3CCN(C4CCCCC4)C(=O)C3)cc2[nH]1. The zero-order valence-corrected chi connectivity index (χ0v) is 14.6. The lowest BCUT2D eigenvalue weighted by molar-refractivity contribution is -0.138. The lowest BCUT2D eigenvalue weighted by Gasteiger charge is -2.40. The number of aryl methyl sites for hydroxylation is 1. The van der Waals surface area contributed by atoms with Crippen LogP contribution in [0.25, 0.3) is 11.0 Å². The number of imidazole rings is 1. The van der Waals surface area contributed by atoms with Gasteiger partial charge < -0.3 is 14.8 Å². The second-order valence-electron chi connectivity index (χ2n) is 7.16. The number of amides is 2. The van der Waals surface area contributed by atoms with Gasteiger partial charge in [-0.05, 0) is 38.0 Å². The van der Waals surface area contributed by atoms with E-state index in [1.807, 2.05) is 24.0 Å². The highest BCUT2D eigenvalue weighted by molar-refractivity contribution is 5.99. The van der Waals surface area contributed by atoms with E-state index in [0.717, 1.165) is 29.7 Å². The number of nitrogens with one attached hydrogen (secondary N) is 1. The van der Waals surface area contributed by atoms with E-state index >= 15 is 0 Å². The summed E-state index contributed by atoms with van der Waals surface area (Å²) in [5, 5.41) is 0. The molecule has 0 radical (unpaired) electrons. The first kappa shape index (κ1) is 16.1. The lowest BCUT2D eigenvalue weighted by Crippen LogP contribution is -2.55. The Morgan fingerprint density at radius 1 is 1.20 bits per heavy atom. The third-order valence-corrected chi connectivity index (χ3v) is 5.41. The van der Waals surface area contributed by atoms with Crippen molar-refractivity contribution in [2.24, 2.45) is 0 Å². The fraction of sp³-hybridized carbons (Fsp3) is 0.526. The standard InChI is InChI=1S/C19H24N4O2/c1-13-20-16-8-7-14(11-17(16)21-13)19(25)22-9-10-23(18(24)12-22)15-5-3-2-4-6-15/h7-8,11,15H,2-6,9-10,12H2,1H3,(H,20,21). The molecule has 0 spiro atoms. The predicted octanol–water partition coefficient (Wildman–Crippen LogP) is 2.49. The number of hydrogen-bond donors (Lipinski definition) is 1. The summed E-state index contributed by atoms with van der Waals surface area (Å²) in [7, 11) is 0. The van der Waals surface area contributed by atoms with E-state index in [9.17, 15) is 9.59 Å². The van der Waals surface area contributed by atoms with Crippen molar-refractivity contribution in [3.05, 3.63) is 29.6 Å². The number of carbonyl (C=O) groups excluding carboxylic acids is 2. The van der Waals surface area contributed by atoms with Gasteiger partial charge in [-0.2, -0.15) is 0 Å². The molecule has 1 saturated heterocycles. The zero-order valence-electron chi connectivity index (χ0n) is 14.6. The van der Waals surface area contributed by atoms with Gasteiger partial charge in [-0.3, -0.25) is 9.59 Å². The minimum atomic E-state index is -0.0780. The fourth-order valence-electron chi connectivity index (χ4n) is 4.09. The molecule has 1 N–H and O–H groups in total. The maximum Gasteiger partial charge on any atom is 0.254 e. The minimum Gasteiger partial charge on any atom is -0.342 e. The van der Waals surface area contributed by atoms with Gasteiger partial charge in [-0.1, -0.05) is 19.3 Å². The first-order chi connectivity index (χ1) is 12.1. The summed E-state index contributed by atoms with van der Waals surface area (Å²) >= 11 is 0. The van der Waals surface area contributed by atoms with Crippen molar-refractivity contribution in [1.82, 2.24) is 19.8 Å². The van der Waals surface area contributed by atoms with Gasteiger partial charge in [0.05, 0.1) is 11.0 Å². The molecule has 0 unspecified atom stereocenters. The molecule has 2 amide bonds. The van der Waals surface area contributed by atoms with Crippen molar-refractivity contribution in [3.8, 4) is 0 Å². The van der Waals surface area contributed by atoms with Crippen LogP contribution in [-0.2, 0) is 4.79 Å². The van der Waals surface area contributed by atoms with E-state index in [1.54, 1.807) is 11.0 Å². The van der Waals surface area contributed by atoms with Crippen LogP contribution in [0, 0.1) is 6.92 Å². The van der Waals surface area contributed by atoms with Crippen molar-refractivity contribution in [2.45, 2.75) is 45.1 Å². The smallest absolute Gasteiger partial charge is 0.254 e. The molecule has 1 saturated carbocycles. The molecular formula is C19H24N4O2. The molecule has 1 aliphatic heterocycles. The second kappa shape index (κ2) is 6.50. The molecule has 2 heterocycles. The molecule has 0 atom stereocenters. The van der Waals surface area contributed by atoms with Crippen LogP contribution in [0.2, 0.25) is 0 Å². The van der Waals surface area contributed by atoms with Crippen molar-refractivity contribution in [2.75, 3.05) is 19.6 Å². The summed E-state index contributed by atoms with van der Waals surface area (Å²) in [6.07, 6.45) is 5.91. The number of H-pyrrole nitrogens is 1. The van der Waals surface area contributed by atoms with E-state index in [4.69, 9.17) is 0 Å². The average molecular weight is 340 g/mol. The summed E-state index contributed by atoms with van der Waals surface area (Å²) in [6, 6.07) is 5.85. The van der Waals surface area contributed by atoms with Gasteiger partial charge in [0.15, 0.2) is 0 Å².